The third-order valence-electron chi connectivity index (χ3n) is 3.12. The van der Waals surface area contributed by atoms with E-state index >= 15 is 0 Å². The number of hydrogen-bond acceptors (Lipinski definition) is 2. The van der Waals surface area contributed by atoms with Gasteiger partial charge in [-0.15, -0.1) is 11.6 Å². The molecule has 20 heavy (non-hydrogen) atoms. The van der Waals surface area contributed by atoms with E-state index in [1.165, 1.54) is 17.0 Å². The van der Waals surface area contributed by atoms with Gasteiger partial charge in [0.05, 0.1) is 23.1 Å². The molecular formula is C14H16ClF2NO2. The lowest BCUT2D eigenvalue weighted by atomic mass is 10.0. The summed E-state index contributed by atoms with van der Waals surface area (Å²) in [5.41, 5.74) is -0.840. The fourth-order valence-electron chi connectivity index (χ4n) is 2.37. The van der Waals surface area contributed by atoms with Crippen molar-refractivity contribution < 1.29 is 18.3 Å². The Hall–Kier alpha value is -1.20. The zero-order valence-corrected chi connectivity index (χ0v) is 12.1. The normalized spacial score (nSPS) is 21.9. The number of halogens is 3. The summed E-state index contributed by atoms with van der Waals surface area (Å²) in [6.45, 7) is 4.22. The molecule has 1 fully saturated rings. The molecule has 0 aliphatic carbocycles. The van der Waals surface area contributed by atoms with Crippen LogP contribution in [0.2, 0.25) is 0 Å². The number of morpholine rings is 1. The van der Waals surface area contributed by atoms with Gasteiger partial charge >= 0.3 is 0 Å². The minimum atomic E-state index is -1.12. The summed E-state index contributed by atoms with van der Waals surface area (Å²) < 4.78 is 32.6. The molecule has 1 heterocycles. The number of alkyl halides is 1. The Morgan fingerprint density at radius 1 is 1.50 bits per heavy atom. The first-order chi connectivity index (χ1) is 9.34. The number of benzene rings is 1. The van der Waals surface area contributed by atoms with Crippen LogP contribution in [0.15, 0.2) is 18.2 Å². The zero-order valence-electron chi connectivity index (χ0n) is 11.3. The SMILES string of the molecule is CC1(C)CN(C(=O)c2cccc(F)c2F)CC(CCl)O1. The molecule has 1 atom stereocenters. The average molecular weight is 304 g/mol. The predicted molar refractivity (Wildman–Crippen MR) is 71.9 cm³/mol. The second kappa shape index (κ2) is 5.66. The van der Waals surface area contributed by atoms with Gasteiger partial charge in [-0.05, 0) is 26.0 Å². The van der Waals surface area contributed by atoms with Crippen molar-refractivity contribution in [2.45, 2.75) is 25.6 Å². The van der Waals surface area contributed by atoms with E-state index in [1.54, 1.807) is 0 Å². The largest absolute Gasteiger partial charge is 0.367 e. The van der Waals surface area contributed by atoms with Gasteiger partial charge in [-0.25, -0.2) is 8.78 Å². The smallest absolute Gasteiger partial charge is 0.257 e. The van der Waals surface area contributed by atoms with Crippen molar-refractivity contribution in [1.82, 2.24) is 4.90 Å². The van der Waals surface area contributed by atoms with Crippen molar-refractivity contribution in [3.63, 3.8) is 0 Å². The van der Waals surface area contributed by atoms with Crippen LogP contribution in [-0.4, -0.2) is 41.5 Å². The highest BCUT2D eigenvalue weighted by molar-refractivity contribution is 6.18. The number of amides is 1. The monoisotopic (exact) mass is 303 g/mol. The van der Waals surface area contributed by atoms with E-state index in [1.807, 2.05) is 13.8 Å². The molecule has 1 aliphatic rings. The van der Waals surface area contributed by atoms with E-state index < -0.39 is 23.1 Å². The summed E-state index contributed by atoms with van der Waals surface area (Å²) in [6.07, 6.45) is -0.319. The van der Waals surface area contributed by atoms with E-state index in [0.29, 0.717) is 6.54 Å². The first-order valence-electron chi connectivity index (χ1n) is 6.31. The Labute approximate surface area is 121 Å². The number of nitrogens with zero attached hydrogens (tertiary/aromatic N) is 1. The van der Waals surface area contributed by atoms with Crippen LogP contribution >= 0.6 is 11.6 Å². The molecule has 0 N–H and O–H groups in total. The van der Waals surface area contributed by atoms with Crippen LogP contribution < -0.4 is 0 Å². The van der Waals surface area contributed by atoms with Gasteiger partial charge in [-0.3, -0.25) is 4.79 Å². The Bertz CT molecular complexity index is 522. The van der Waals surface area contributed by atoms with Crippen LogP contribution in [0.4, 0.5) is 8.78 Å². The van der Waals surface area contributed by atoms with Crippen molar-refractivity contribution >= 4 is 17.5 Å². The van der Waals surface area contributed by atoms with E-state index in [-0.39, 0.29) is 24.1 Å². The average Bonchev–Trinajstić information content (AvgIpc) is 2.39. The van der Waals surface area contributed by atoms with Gasteiger partial charge in [-0.1, -0.05) is 6.07 Å². The summed E-state index contributed by atoms with van der Waals surface area (Å²) in [7, 11) is 0. The van der Waals surface area contributed by atoms with Gasteiger partial charge in [-0.2, -0.15) is 0 Å². The first-order valence-corrected chi connectivity index (χ1v) is 6.84. The molecule has 110 valence electrons. The summed E-state index contributed by atoms with van der Waals surface area (Å²) in [5, 5.41) is 0. The molecule has 1 amide bonds. The number of hydrogen-bond donors (Lipinski definition) is 0. The molecule has 0 spiro atoms. The van der Waals surface area contributed by atoms with Gasteiger partial charge in [0.25, 0.3) is 5.91 Å². The first kappa shape index (κ1) is 15.2. The Balaban J connectivity index is 2.26. The molecule has 2 rings (SSSR count). The van der Waals surface area contributed by atoms with E-state index in [0.717, 1.165) is 6.07 Å². The molecule has 3 nitrogen and oxygen atoms in total. The molecule has 0 bridgehead atoms. The fourth-order valence-corrected chi connectivity index (χ4v) is 2.53. The van der Waals surface area contributed by atoms with Crippen LogP contribution in [0.5, 0.6) is 0 Å². The third kappa shape index (κ3) is 3.10. The minimum Gasteiger partial charge on any atom is -0.367 e. The Morgan fingerprint density at radius 2 is 2.20 bits per heavy atom. The molecule has 1 aliphatic heterocycles. The molecule has 6 heteroatoms. The molecule has 1 aromatic rings. The molecule has 0 radical (unpaired) electrons. The third-order valence-corrected chi connectivity index (χ3v) is 3.47. The Morgan fingerprint density at radius 3 is 2.85 bits per heavy atom. The highest BCUT2D eigenvalue weighted by Crippen LogP contribution is 2.24. The molecule has 0 saturated carbocycles. The van der Waals surface area contributed by atoms with E-state index in [9.17, 15) is 13.6 Å². The van der Waals surface area contributed by atoms with Crippen molar-refractivity contribution in [1.29, 1.82) is 0 Å². The maximum atomic E-state index is 13.7. The van der Waals surface area contributed by atoms with Crippen molar-refractivity contribution in [3.8, 4) is 0 Å². The summed E-state index contributed by atoms with van der Waals surface area (Å²) in [6, 6.07) is 3.58. The molecule has 0 aromatic heterocycles. The van der Waals surface area contributed by atoms with Gasteiger partial charge in [0.1, 0.15) is 0 Å². The van der Waals surface area contributed by atoms with Gasteiger partial charge < -0.3 is 9.64 Å². The van der Waals surface area contributed by atoms with Gasteiger partial charge in [0.2, 0.25) is 0 Å². The maximum absolute atomic E-state index is 13.7. The van der Waals surface area contributed by atoms with E-state index in [4.69, 9.17) is 16.3 Å². The lowest BCUT2D eigenvalue weighted by Crippen LogP contribution is -2.55. The second-order valence-electron chi connectivity index (χ2n) is 5.44. The second-order valence-corrected chi connectivity index (χ2v) is 5.75. The minimum absolute atomic E-state index is 0.235. The topological polar surface area (TPSA) is 29.5 Å². The van der Waals surface area contributed by atoms with Crippen LogP contribution in [0, 0.1) is 11.6 Å². The highest BCUT2D eigenvalue weighted by atomic mass is 35.5. The lowest BCUT2D eigenvalue weighted by Gasteiger charge is -2.42. The van der Waals surface area contributed by atoms with Crippen molar-refractivity contribution in [2.24, 2.45) is 0 Å². The standard InChI is InChI=1S/C14H16ClF2NO2/c1-14(2)8-18(7-9(6-15)20-14)13(19)10-4-3-5-11(16)12(10)17/h3-5,9H,6-8H2,1-2H3. The Kier molecular flexibility index (Phi) is 4.30. The quantitative estimate of drug-likeness (QED) is 0.786. The van der Waals surface area contributed by atoms with Crippen LogP contribution in [0.1, 0.15) is 24.2 Å². The van der Waals surface area contributed by atoms with Gasteiger partial charge in [0, 0.05) is 13.1 Å². The number of carbonyl (C=O) groups excluding carboxylic acids is 1. The highest BCUT2D eigenvalue weighted by Gasteiger charge is 2.36. The zero-order chi connectivity index (χ0) is 14.9. The predicted octanol–water partition coefficient (Wildman–Crippen LogP) is 2.82. The number of carbonyl (C=O) groups is 1. The van der Waals surface area contributed by atoms with Gasteiger partial charge in [0.15, 0.2) is 11.6 Å². The van der Waals surface area contributed by atoms with Crippen LogP contribution in [0.25, 0.3) is 0 Å². The number of ether oxygens (including phenoxy) is 1. The fraction of sp³-hybridized carbons (Fsp3) is 0.500. The molecular weight excluding hydrogens is 288 g/mol. The van der Waals surface area contributed by atoms with Crippen LogP contribution in [0.3, 0.4) is 0 Å². The van der Waals surface area contributed by atoms with Crippen molar-refractivity contribution in [3.05, 3.63) is 35.4 Å². The van der Waals surface area contributed by atoms with E-state index in [2.05, 4.69) is 0 Å². The molecule has 1 unspecified atom stereocenters. The molecule has 1 aromatic carbocycles. The lowest BCUT2D eigenvalue weighted by molar-refractivity contribution is -0.117. The maximum Gasteiger partial charge on any atom is 0.257 e. The summed E-state index contributed by atoms with van der Waals surface area (Å²) in [5.74, 6) is -2.46. The number of rotatable bonds is 2. The summed E-state index contributed by atoms with van der Waals surface area (Å²) >= 11 is 5.78. The van der Waals surface area contributed by atoms with Crippen molar-refractivity contribution in [2.75, 3.05) is 19.0 Å². The molecule has 1 saturated heterocycles. The van der Waals surface area contributed by atoms with Crippen LogP contribution in [-0.2, 0) is 4.74 Å². The summed E-state index contributed by atoms with van der Waals surface area (Å²) in [4.78, 5) is 13.8.